The van der Waals surface area contributed by atoms with Crippen LogP contribution in [0.1, 0.15) is 79.7 Å². The van der Waals surface area contributed by atoms with E-state index in [-0.39, 0.29) is 36.4 Å². The number of benzene rings is 2. The first-order valence-corrected chi connectivity index (χ1v) is 16.2. The van der Waals surface area contributed by atoms with Gasteiger partial charge in [-0.3, -0.25) is 9.59 Å². The van der Waals surface area contributed by atoms with Gasteiger partial charge in [0.05, 0.1) is 17.4 Å². The molecule has 3 atom stereocenters. The Morgan fingerprint density at radius 2 is 1.80 bits per heavy atom. The van der Waals surface area contributed by atoms with Gasteiger partial charge in [0.1, 0.15) is 6.04 Å². The number of rotatable bonds is 8. The number of fused-ring (bicyclic) bond motifs is 1. The average molecular weight is 567 g/mol. The van der Waals surface area contributed by atoms with Gasteiger partial charge in [0.2, 0.25) is 21.8 Å². The van der Waals surface area contributed by atoms with E-state index in [2.05, 4.69) is 40.7 Å². The molecule has 0 radical (unpaired) electrons. The minimum absolute atomic E-state index is 0.129. The van der Waals surface area contributed by atoms with Gasteiger partial charge in [-0.15, -0.1) is 0 Å². The molecule has 2 aromatic rings. The lowest BCUT2D eigenvalue weighted by Crippen LogP contribution is -2.58. The Hall–Kier alpha value is -2.75. The monoisotopic (exact) mass is 566 g/mol. The molecule has 2 aliphatic heterocycles. The van der Waals surface area contributed by atoms with Crippen molar-refractivity contribution in [2.24, 2.45) is 0 Å². The van der Waals surface area contributed by atoms with Crippen LogP contribution in [0.3, 0.4) is 0 Å². The van der Waals surface area contributed by atoms with E-state index >= 15 is 0 Å². The topological polar surface area (TPSA) is 98.8 Å². The number of nitrogens with one attached hydrogen (secondary N) is 2. The van der Waals surface area contributed by atoms with E-state index in [1.165, 1.54) is 47.8 Å². The molecule has 216 valence electrons. The van der Waals surface area contributed by atoms with Crippen LogP contribution in [0, 0.1) is 6.92 Å². The molecule has 40 heavy (non-hydrogen) atoms. The van der Waals surface area contributed by atoms with Crippen molar-refractivity contribution in [3.8, 4) is 0 Å². The molecule has 5 rings (SSSR count). The lowest BCUT2D eigenvalue weighted by atomic mass is 9.84. The SMILES string of the molecule is Cc1ccc(S(=O)(=O)N2CCNC(=O)[C@H]2CC(=O)N[C@@H]2CCCc3cc([C@H](C)CN4CCCCC4)ccc32)cc1. The molecule has 2 amide bonds. The van der Waals surface area contributed by atoms with E-state index in [1.807, 2.05) is 6.92 Å². The average Bonchev–Trinajstić information content (AvgIpc) is 2.94. The molecule has 0 aromatic heterocycles. The predicted molar refractivity (Wildman–Crippen MR) is 155 cm³/mol. The van der Waals surface area contributed by atoms with E-state index in [4.69, 9.17) is 0 Å². The van der Waals surface area contributed by atoms with Crippen LogP contribution in [0.5, 0.6) is 0 Å². The summed E-state index contributed by atoms with van der Waals surface area (Å²) in [4.78, 5) is 28.8. The maximum Gasteiger partial charge on any atom is 0.243 e. The van der Waals surface area contributed by atoms with Gasteiger partial charge in [-0.05, 0) is 86.9 Å². The first-order chi connectivity index (χ1) is 19.2. The number of nitrogens with zero attached hydrogens (tertiary/aromatic N) is 2. The predicted octanol–water partition coefficient (Wildman–Crippen LogP) is 3.66. The van der Waals surface area contributed by atoms with Crippen molar-refractivity contribution in [3.63, 3.8) is 0 Å². The molecular weight excluding hydrogens is 524 g/mol. The number of carbonyl (C=O) groups is 2. The zero-order valence-electron chi connectivity index (χ0n) is 23.7. The third-order valence-electron chi connectivity index (χ3n) is 8.65. The first kappa shape index (κ1) is 28.8. The van der Waals surface area contributed by atoms with E-state index in [0.717, 1.165) is 36.9 Å². The molecule has 0 spiro atoms. The molecule has 2 saturated heterocycles. The highest BCUT2D eigenvalue weighted by Crippen LogP contribution is 2.33. The molecule has 8 nitrogen and oxygen atoms in total. The Kier molecular flexibility index (Phi) is 8.92. The lowest BCUT2D eigenvalue weighted by molar-refractivity contribution is -0.132. The van der Waals surface area contributed by atoms with Crippen molar-refractivity contribution in [2.45, 2.75) is 81.7 Å². The fraction of sp³-hybridized carbons (Fsp3) is 0.548. The number of carbonyl (C=O) groups excluding carboxylic acids is 2. The molecule has 0 unspecified atom stereocenters. The second-order valence-corrected chi connectivity index (χ2v) is 13.6. The molecule has 2 aromatic carbocycles. The molecule has 1 aliphatic carbocycles. The summed E-state index contributed by atoms with van der Waals surface area (Å²) in [6.45, 7) is 7.98. The Bertz CT molecular complexity index is 1320. The Labute approximate surface area is 238 Å². The van der Waals surface area contributed by atoms with Crippen molar-refractivity contribution in [1.82, 2.24) is 19.8 Å². The summed E-state index contributed by atoms with van der Waals surface area (Å²) in [5.74, 6) is -0.301. The zero-order chi connectivity index (χ0) is 28.3. The van der Waals surface area contributed by atoms with Crippen molar-refractivity contribution < 1.29 is 18.0 Å². The zero-order valence-corrected chi connectivity index (χ0v) is 24.5. The summed E-state index contributed by atoms with van der Waals surface area (Å²) >= 11 is 0. The summed E-state index contributed by atoms with van der Waals surface area (Å²) in [5.41, 5.74) is 4.69. The number of sulfonamides is 1. The Morgan fingerprint density at radius 1 is 1.05 bits per heavy atom. The third kappa shape index (κ3) is 6.42. The van der Waals surface area contributed by atoms with Crippen molar-refractivity contribution in [1.29, 1.82) is 0 Å². The van der Waals surface area contributed by atoms with Gasteiger partial charge in [0.25, 0.3) is 0 Å². The van der Waals surface area contributed by atoms with Crippen molar-refractivity contribution in [3.05, 3.63) is 64.7 Å². The maximum atomic E-state index is 13.4. The molecule has 9 heteroatoms. The Morgan fingerprint density at radius 3 is 2.55 bits per heavy atom. The van der Waals surface area contributed by atoms with Gasteiger partial charge < -0.3 is 15.5 Å². The first-order valence-electron chi connectivity index (χ1n) is 14.7. The van der Waals surface area contributed by atoms with Crippen LogP contribution in [0.15, 0.2) is 47.4 Å². The minimum atomic E-state index is -3.92. The smallest absolute Gasteiger partial charge is 0.243 e. The van der Waals surface area contributed by atoms with E-state index in [1.54, 1.807) is 24.3 Å². The highest BCUT2D eigenvalue weighted by atomic mass is 32.2. The molecule has 0 saturated carbocycles. The van der Waals surface area contributed by atoms with Crippen LogP contribution in [0.2, 0.25) is 0 Å². The summed E-state index contributed by atoms with van der Waals surface area (Å²) in [5, 5.41) is 5.86. The van der Waals surface area contributed by atoms with Gasteiger partial charge in [0.15, 0.2) is 0 Å². The largest absolute Gasteiger partial charge is 0.353 e. The molecule has 2 heterocycles. The van der Waals surface area contributed by atoms with Crippen molar-refractivity contribution in [2.75, 3.05) is 32.7 Å². The number of piperazine rings is 1. The number of likely N-dealkylation sites (tertiary alicyclic amines) is 1. The summed E-state index contributed by atoms with van der Waals surface area (Å²) in [6, 6.07) is 12.0. The van der Waals surface area contributed by atoms with Gasteiger partial charge in [-0.25, -0.2) is 8.42 Å². The Balaban J connectivity index is 1.26. The van der Waals surface area contributed by atoms with E-state index in [9.17, 15) is 18.0 Å². The molecular formula is C31H42N4O4S. The fourth-order valence-electron chi connectivity index (χ4n) is 6.38. The van der Waals surface area contributed by atoms with Crippen LogP contribution in [0.4, 0.5) is 0 Å². The van der Waals surface area contributed by atoms with E-state index < -0.39 is 22.0 Å². The van der Waals surface area contributed by atoms with E-state index in [0.29, 0.717) is 5.92 Å². The van der Waals surface area contributed by atoms with Gasteiger partial charge in [-0.1, -0.05) is 49.2 Å². The minimum Gasteiger partial charge on any atom is -0.353 e. The normalized spacial score (nSPS) is 23.2. The fourth-order valence-corrected chi connectivity index (χ4v) is 7.96. The second-order valence-electron chi connectivity index (χ2n) is 11.7. The summed E-state index contributed by atoms with van der Waals surface area (Å²) < 4.78 is 28.0. The van der Waals surface area contributed by atoms with Gasteiger partial charge >= 0.3 is 0 Å². The molecule has 2 N–H and O–H groups in total. The molecule has 2 fully saturated rings. The van der Waals surface area contributed by atoms with Crippen LogP contribution in [0.25, 0.3) is 0 Å². The van der Waals surface area contributed by atoms with Gasteiger partial charge in [0, 0.05) is 19.6 Å². The number of hydrogen-bond donors (Lipinski definition) is 2. The number of piperidine rings is 1. The lowest BCUT2D eigenvalue weighted by Gasteiger charge is -2.34. The second kappa shape index (κ2) is 12.4. The standard InChI is InChI=1S/C31H42N4O4S/c1-22-9-12-26(13-10-22)40(38,39)35-18-15-32-31(37)29(35)20-30(36)33-28-8-6-7-25-19-24(11-14-27(25)28)23(2)21-34-16-4-3-5-17-34/h9-14,19,23,28-29H,3-8,15-18,20-21H2,1-2H3,(H,32,37)(H,33,36)/t23-,28-,29-/m1/s1. The van der Waals surface area contributed by atoms with Crippen LogP contribution < -0.4 is 10.6 Å². The third-order valence-corrected chi connectivity index (χ3v) is 10.6. The number of aryl methyl sites for hydroxylation is 2. The van der Waals surface area contributed by atoms with Crippen LogP contribution in [-0.4, -0.2) is 68.2 Å². The number of hydrogen-bond acceptors (Lipinski definition) is 5. The van der Waals surface area contributed by atoms with Crippen LogP contribution >= 0.6 is 0 Å². The van der Waals surface area contributed by atoms with Crippen molar-refractivity contribution >= 4 is 21.8 Å². The maximum absolute atomic E-state index is 13.4. The summed E-state index contributed by atoms with van der Waals surface area (Å²) in [6.07, 6.45) is 6.48. The number of amides is 2. The quantitative estimate of drug-likeness (QED) is 0.508. The highest BCUT2D eigenvalue weighted by Gasteiger charge is 2.40. The summed E-state index contributed by atoms with van der Waals surface area (Å²) in [7, 11) is -3.92. The molecule has 0 bridgehead atoms. The van der Waals surface area contributed by atoms with Crippen LogP contribution in [-0.2, 0) is 26.0 Å². The van der Waals surface area contributed by atoms with Gasteiger partial charge in [-0.2, -0.15) is 4.31 Å². The molecule has 3 aliphatic rings. The highest BCUT2D eigenvalue weighted by molar-refractivity contribution is 7.89.